The summed E-state index contributed by atoms with van der Waals surface area (Å²) in [4.78, 5) is 25.6. The van der Waals surface area contributed by atoms with E-state index in [0.29, 0.717) is 6.42 Å². The van der Waals surface area contributed by atoms with Gasteiger partial charge < -0.3 is 15.3 Å². The highest BCUT2D eigenvalue weighted by Gasteiger charge is 2.40. The number of carbonyl (C=O) groups excluding carboxylic acids is 1. The molecule has 0 aromatic carbocycles. The van der Waals surface area contributed by atoms with Crippen molar-refractivity contribution < 1.29 is 14.7 Å². The molecule has 0 aromatic rings. The van der Waals surface area contributed by atoms with Crippen molar-refractivity contribution in [3.63, 3.8) is 0 Å². The van der Waals surface area contributed by atoms with Gasteiger partial charge in [-0.05, 0) is 12.8 Å². The van der Waals surface area contributed by atoms with Crippen LogP contribution < -0.4 is 5.32 Å². The van der Waals surface area contributed by atoms with E-state index >= 15 is 0 Å². The van der Waals surface area contributed by atoms with E-state index in [4.69, 9.17) is 0 Å². The molecule has 1 aliphatic heterocycles. The van der Waals surface area contributed by atoms with E-state index in [1.54, 1.807) is 11.9 Å². The second-order valence-electron chi connectivity index (χ2n) is 6.24. The first kappa shape index (κ1) is 16.6. The summed E-state index contributed by atoms with van der Waals surface area (Å²) < 4.78 is 0. The molecule has 1 saturated heterocycles. The van der Waals surface area contributed by atoms with Gasteiger partial charge in [-0.3, -0.25) is 9.59 Å². The van der Waals surface area contributed by atoms with Gasteiger partial charge in [0, 0.05) is 37.6 Å². The molecule has 0 bridgehead atoms. The maximum atomic E-state index is 12.6. The van der Waals surface area contributed by atoms with Crippen LogP contribution in [0.2, 0.25) is 0 Å². The number of carboxylic acid groups (broad SMARTS) is 1. The van der Waals surface area contributed by atoms with Crippen LogP contribution in [0, 0.1) is 0 Å². The minimum absolute atomic E-state index is 0.0715. The molecule has 21 heavy (non-hydrogen) atoms. The van der Waals surface area contributed by atoms with Crippen molar-refractivity contribution in [2.75, 3.05) is 25.1 Å². The molecule has 0 aromatic heterocycles. The van der Waals surface area contributed by atoms with Crippen molar-refractivity contribution in [3.8, 4) is 0 Å². The smallest absolute Gasteiger partial charge is 0.305 e. The van der Waals surface area contributed by atoms with E-state index in [9.17, 15) is 14.7 Å². The van der Waals surface area contributed by atoms with Gasteiger partial charge in [0.15, 0.2) is 0 Å². The molecule has 1 amide bonds. The topological polar surface area (TPSA) is 69.6 Å². The Morgan fingerprint density at radius 1 is 1.33 bits per heavy atom. The Bertz CT molecular complexity index is 377. The normalized spacial score (nSPS) is 25.3. The standard InChI is InChI=1S/C15H26N2O3S/c1-17(13(18)9-12-11-21-8-7-16-12)15(10-14(19)20)5-3-2-4-6-15/h12,16H,2-11H2,1H3,(H,19,20). The Balaban J connectivity index is 2.00. The number of nitrogens with zero attached hydrogens (tertiary/aromatic N) is 1. The van der Waals surface area contributed by atoms with Gasteiger partial charge in [-0.25, -0.2) is 0 Å². The van der Waals surface area contributed by atoms with E-state index in [1.807, 2.05) is 11.8 Å². The first-order chi connectivity index (χ1) is 10.0. The number of rotatable bonds is 5. The zero-order valence-electron chi connectivity index (χ0n) is 12.8. The fourth-order valence-corrected chi connectivity index (χ4v) is 4.43. The van der Waals surface area contributed by atoms with Gasteiger partial charge in [-0.2, -0.15) is 11.8 Å². The Labute approximate surface area is 130 Å². The van der Waals surface area contributed by atoms with Crippen molar-refractivity contribution in [2.45, 2.75) is 56.5 Å². The molecule has 2 aliphatic rings. The second-order valence-corrected chi connectivity index (χ2v) is 7.39. The Morgan fingerprint density at radius 3 is 2.62 bits per heavy atom. The molecule has 1 saturated carbocycles. The monoisotopic (exact) mass is 314 g/mol. The molecule has 1 aliphatic carbocycles. The van der Waals surface area contributed by atoms with Gasteiger partial charge in [-0.1, -0.05) is 19.3 Å². The third kappa shape index (κ3) is 4.36. The van der Waals surface area contributed by atoms with Crippen LogP contribution in [0.15, 0.2) is 0 Å². The van der Waals surface area contributed by atoms with Crippen LogP contribution in [-0.2, 0) is 9.59 Å². The average Bonchev–Trinajstić information content (AvgIpc) is 2.47. The summed E-state index contributed by atoms with van der Waals surface area (Å²) in [6, 6.07) is 0.226. The van der Waals surface area contributed by atoms with E-state index < -0.39 is 11.5 Å². The Kier molecular flexibility index (Phi) is 5.93. The summed E-state index contributed by atoms with van der Waals surface area (Å²) in [5.41, 5.74) is -0.469. The molecule has 2 N–H and O–H groups in total. The van der Waals surface area contributed by atoms with Gasteiger partial charge in [-0.15, -0.1) is 0 Å². The second kappa shape index (κ2) is 7.49. The van der Waals surface area contributed by atoms with Crippen molar-refractivity contribution >= 4 is 23.6 Å². The molecule has 2 rings (SSSR count). The SMILES string of the molecule is CN(C(=O)CC1CSCCN1)C1(CC(=O)O)CCCCC1. The molecule has 120 valence electrons. The van der Waals surface area contributed by atoms with Gasteiger partial charge in [0.25, 0.3) is 0 Å². The minimum atomic E-state index is -0.803. The highest BCUT2D eigenvalue weighted by Crippen LogP contribution is 2.36. The zero-order valence-corrected chi connectivity index (χ0v) is 13.6. The summed E-state index contributed by atoms with van der Waals surface area (Å²) >= 11 is 1.87. The summed E-state index contributed by atoms with van der Waals surface area (Å²) in [7, 11) is 1.80. The molecule has 1 heterocycles. The molecule has 0 radical (unpaired) electrons. The molecule has 0 spiro atoms. The lowest BCUT2D eigenvalue weighted by molar-refractivity contribution is -0.146. The summed E-state index contributed by atoms with van der Waals surface area (Å²) in [5, 5.41) is 12.6. The van der Waals surface area contributed by atoms with Crippen LogP contribution in [0.3, 0.4) is 0 Å². The van der Waals surface area contributed by atoms with Crippen LogP contribution in [-0.4, -0.2) is 58.6 Å². The van der Waals surface area contributed by atoms with Crippen LogP contribution in [0.5, 0.6) is 0 Å². The number of thioether (sulfide) groups is 1. The van der Waals surface area contributed by atoms with Crippen molar-refractivity contribution in [3.05, 3.63) is 0 Å². The van der Waals surface area contributed by atoms with Crippen LogP contribution in [0.25, 0.3) is 0 Å². The number of hydrogen-bond acceptors (Lipinski definition) is 4. The minimum Gasteiger partial charge on any atom is -0.481 e. The number of carboxylic acids is 1. The number of hydrogen-bond donors (Lipinski definition) is 2. The lowest BCUT2D eigenvalue weighted by Gasteiger charge is -2.44. The molecule has 6 heteroatoms. The average molecular weight is 314 g/mol. The van der Waals surface area contributed by atoms with E-state index in [-0.39, 0.29) is 18.4 Å². The van der Waals surface area contributed by atoms with Gasteiger partial charge in [0.2, 0.25) is 5.91 Å². The number of carbonyl (C=O) groups is 2. The number of nitrogens with one attached hydrogen (secondary N) is 1. The first-order valence-electron chi connectivity index (χ1n) is 7.83. The van der Waals surface area contributed by atoms with Gasteiger partial charge >= 0.3 is 5.97 Å². The maximum absolute atomic E-state index is 12.6. The van der Waals surface area contributed by atoms with Gasteiger partial charge in [0.1, 0.15) is 0 Å². The van der Waals surface area contributed by atoms with Crippen LogP contribution in [0.4, 0.5) is 0 Å². The Hall–Kier alpha value is -0.750. The molecule has 2 fully saturated rings. The fraction of sp³-hybridized carbons (Fsp3) is 0.867. The van der Waals surface area contributed by atoms with E-state index in [2.05, 4.69) is 5.32 Å². The highest BCUT2D eigenvalue weighted by molar-refractivity contribution is 7.99. The first-order valence-corrected chi connectivity index (χ1v) is 8.98. The lowest BCUT2D eigenvalue weighted by Crippen LogP contribution is -2.53. The van der Waals surface area contributed by atoms with Crippen LogP contribution >= 0.6 is 11.8 Å². The largest absolute Gasteiger partial charge is 0.481 e. The maximum Gasteiger partial charge on any atom is 0.305 e. The fourth-order valence-electron chi connectivity index (χ4n) is 3.49. The van der Waals surface area contributed by atoms with Crippen molar-refractivity contribution in [1.29, 1.82) is 0 Å². The Morgan fingerprint density at radius 2 is 2.05 bits per heavy atom. The summed E-state index contributed by atoms with van der Waals surface area (Å²) in [6.45, 7) is 0.951. The number of aliphatic carboxylic acids is 1. The quantitative estimate of drug-likeness (QED) is 0.808. The molecule has 5 nitrogen and oxygen atoms in total. The molecule has 1 unspecified atom stereocenters. The third-order valence-electron chi connectivity index (χ3n) is 4.77. The van der Waals surface area contributed by atoms with Crippen LogP contribution in [0.1, 0.15) is 44.9 Å². The number of amides is 1. The predicted octanol–water partition coefficient (Wildman–Crippen LogP) is 1.72. The zero-order chi connectivity index (χ0) is 15.3. The summed E-state index contributed by atoms with van der Waals surface area (Å²) in [6.07, 6.45) is 5.35. The van der Waals surface area contributed by atoms with E-state index in [0.717, 1.165) is 50.2 Å². The highest BCUT2D eigenvalue weighted by atomic mass is 32.2. The van der Waals surface area contributed by atoms with Crippen molar-refractivity contribution in [1.82, 2.24) is 10.2 Å². The molecular formula is C15H26N2O3S. The lowest BCUT2D eigenvalue weighted by atomic mass is 9.78. The third-order valence-corrected chi connectivity index (χ3v) is 5.90. The molecule has 1 atom stereocenters. The summed E-state index contributed by atoms with van der Waals surface area (Å²) in [5.74, 6) is 1.34. The predicted molar refractivity (Wildman–Crippen MR) is 84.6 cm³/mol. The van der Waals surface area contributed by atoms with E-state index in [1.165, 1.54) is 0 Å². The van der Waals surface area contributed by atoms with Crippen molar-refractivity contribution in [2.24, 2.45) is 0 Å². The van der Waals surface area contributed by atoms with Gasteiger partial charge in [0.05, 0.1) is 12.0 Å². The molecular weight excluding hydrogens is 288 g/mol.